The van der Waals surface area contributed by atoms with E-state index >= 15 is 0 Å². The summed E-state index contributed by atoms with van der Waals surface area (Å²) in [5.74, 6) is 0.128. The second-order valence-corrected chi connectivity index (χ2v) is 8.56. The van der Waals surface area contributed by atoms with Crippen LogP contribution in [0.3, 0.4) is 0 Å². The Morgan fingerprint density at radius 2 is 1.69 bits per heavy atom. The molecule has 1 aliphatic rings. The molecule has 1 aliphatic heterocycles. The predicted octanol–water partition coefficient (Wildman–Crippen LogP) is 2.59. The van der Waals surface area contributed by atoms with Crippen molar-refractivity contribution in [1.29, 1.82) is 0 Å². The van der Waals surface area contributed by atoms with Crippen LogP contribution in [0, 0.1) is 6.92 Å². The molecule has 136 valence electrons. The molecule has 3 rings (SSSR count). The molecule has 0 aliphatic carbocycles. The highest BCUT2D eigenvalue weighted by Crippen LogP contribution is 2.30. The van der Waals surface area contributed by atoms with Gasteiger partial charge in [0, 0.05) is 5.56 Å². The van der Waals surface area contributed by atoms with Gasteiger partial charge in [-0.1, -0.05) is 48.0 Å². The summed E-state index contributed by atoms with van der Waals surface area (Å²) in [5.41, 5.74) is 5.81. The Morgan fingerprint density at radius 1 is 1.08 bits per heavy atom. The van der Waals surface area contributed by atoms with Gasteiger partial charge in [-0.05, 0) is 19.1 Å². The van der Waals surface area contributed by atoms with Crippen LogP contribution in [0.25, 0.3) is 0 Å². The number of hydrogen-bond donors (Lipinski definition) is 2. The molecule has 1 atom stereocenters. The van der Waals surface area contributed by atoms with Crippen LogP contribution in [0.15, 0.2) is 69.5 Å². The van der Waals surface area contributed by atoms with Crippen LogP contribution in [-0.4, -0.2) is 30.6 Å². The minimum atomic E-state index is -3.99. The number of nitrogens with zero attached hydrogens (tertiary/aromatic N) is 2. The zero-order chi connectivity index (χ0) is 18.9. The Kier molecular flexibility index (Phi) is 5.07. The predicted molar refractivity (Wildman–Crippen MR) is 104 cm³/mol. The van der Waals surface area contributed by atoms with Crippen molar-refractivity contribution in [1.82, 2.24) is 4.72 Å². The molecule has 2 aromatic carbocycles. The van der Waals surface area contributed by atoms with Gasteiger partial charge in [0.25, 0.3) is 0 Å². The fourth-order valence-electron chi connectivity index (χ4n) is 2.43. The van der Waals surface area contributed by atoms with Crippen LogP contribution in [-0.2, 0) is 10.0 Å². The molecule has 1 unspecified atom stereocenters. The molecule has 0 bridgehead atoms. The standard InChI is InChI=1S/C17H16Cl2N4O2S/c1-11-7-9-13(10-8-11)26(24,25)23-17(15(18)19)16(20)21-14(22-17)12-5-3-2-4-6-12/h2-10,15,23H,1H3,(H2,20,21,22). The molecule has 0 saturated carbocycles. The molecule has 3 N–H and O–H groups in total. The number of hydrogen-bond acceptors (Lipinski definition) is 5. The third kappa shape index (κ3) is 3.48. The van der Waals surface area contributed by atoms with Gasteiger partial charge >= 0.3 is 0 Å². The number of rotatable bonds is 5. The van der Waals surface area contributed by atoms with Crippen molar-refractivity contribution in [2.24, 2.45) is 15.7 Å². The zero-order valence-corrected chi connectivity index (χ0v) is 16.1. The van der Waals surface area contributed by atoms with Crippen LogP contribution in [0.2, 0.25) is 0 Å². The minimum absolute atomic E-state index is 0.0487. The van der Waals surface area contributed by atoms with Crippen molar-refractivity contribution in [3.05, 3.63) is 65.7 Å². The zero-order valence-electron chi connectivity index (χ0n) is 13.7. The molecule has 0 spiro atoms. The lowest BCUT2D eigenvalue weighted by molar-refractivity contribution is 0.529. The summed E-state index contributed by atoms with van der Waals surface area (Å²) in [6.07, 6.45) is 0. The SMILES string of the molecule is Cc1ccc(S(=O)(=O)NC2(C(Cl)Cl)N=C(c3ccccc3)N=C2N)cc1. The van der Waals surface area contributed by atoms with E-state index < -0.39 is 20.5 Å². The van der Waals surface area contributed by atoms with Gasteiger partial charge in [-0.15, -0.1) is 23.2 Å². The third-order valence-electron chi connectivity index (χ3n) is 3.87. The molecule has 9 heteroatoms. The van der Waals surface area contributed by atoms with Gasteiger partial charge in [-0.25, -0.2) is 18.4 Å². The number of alkyl halides is 2. The normalized spacial score (nSPS) is 20.2. The Labute approximate surface area is 161 Å². The summed E-state index contributed by atoms with van der Waals surface area (Å²) in [4.78, 5) is 7.27. The number of aryl methyl sites for hydroxylation is 1. The summed E-state index contributed by atoms with van der Waals surface area (Å²) >= 11 is 12.2. The van der Waals surface area contributed by atoms with E-state index in [0.717, 1.165) is 5.56 Å². The van der Waals surface area contributed by atoms with E-state index in [1.807, 2.05) is 13.0 Å². The molecule has 0 amide bonds. The second-order valence-electron chi connectivity index (χ2n) is 5.78. The van der Waals surface area contributed by atoms with E-state index in [1.54, 1.807) is 36.4 Å². The Morgan fingerprint density at radius 3 is 2.27 bits per heavy atom. The molecule has 2 aromatic rings. The van der Waals surface area contributed by atoms with Gasteiger partial charge in [0.1, 0.15) is 5.84 Å². The van der Waals surface area contributed by atoms with Crippen LogP contribution >= 0.6 is 23.2 Å². The van der Waals surface area contributed by atoms with E-state index in [9.17, 15) is 8.42 Å². The number of benzene rings is 2. The highest BCUT2D eigenvalue weighted by atomic mass is 35.5. The van der Waals surface area contributed by atoms with Crippen molar-refractivity contribution >= 4 is 44.9 Å². The van der Waals surface area contributed by atoms with Crippen LogP contribution < -0.4 is 10.5 Å². The van der Waals surface area contributed by atoms with Gasteiger partial charge in [-0.3, -0.25) is 0 Å². The number of amidine groups is 2. The Hall–Kier alpha value is -1.93. The largest absolute Gasteiger partial charge is 0.384 e. The highest BCUT2D eigenvalue weighted by Gasteiger charge is 2.48. The maximum atomic E-state index is 12.8. The Bertz CT molecular complexity index is 974. The average molecular weight is 411 g/mol. The molecule has 0 saturated heterocycles. The summed E-state index contributed by atoms with van der Waals surface area (Å²) < 4.78 is 28.0. The quantitative estimate of drug-likeness (QED) is 0.741. The van der Waals surface area contributed by atoms with Crippen LogP contribution in [0.4, 0.5) is 0 Å². The minimum Gasteiger partial charge on any atom is -0.384 e. The van der Waals surface area contributed by atoms with Crippen molar-refractivity contribution in [2.45, 2.75) is 22.3 Å². The van der Waals surface area contributed by atoms with Crippen molar-refractivity contribution in [3.63, 3.8) is 0 Å². The maximum absolute atomic E-state index is 12.8. The first kappa shape index (κ1) is 18.8. The monoisotopic (exact) mass is 410 g/mol. The lowest BCUT2D eigenvalue weighted by Crippen LogP contribution is -2.58. The van der Waals surface area contributed by atoms with E-state index in [2.05, 4.69) is 14.7 Å². The lowest BCUT2D eigenvalue weighted by atomic mass is 10.2. The van der Waals surface area contributed by atoms with E-state index in [0.29, 0.717) is 5.56 Å². The molecule has 0 fully saturated rings. The van der Waals surface area contributed by atoms with Gasteiger partial charge in [0.15, 0.2) is 10.7 Å². The number of halogens is 2. The van der Waals surface area contributed by atoms with E-state index in [4.69, 9.17) is 28.9 Å². The molecule has 6 nitrogen and oxygen atoms in total. The first-order chi connectivity index (χ1) is 12.2. The molecule has 1 heterocycles. The molecule has 0 aromatic heterocycles. The summed E-state index contributed by atoms with van der Waals surface area (Å²) in [6, 6.07) is 15.3. The van der Waals surface area contributed by atoms with E-state index in [1.165, 1.54) is 12.1 Å². The fourth-order valence-corrected chi connectivity index (χ4v) is 4.28. The summed E-state index contributed by atoms with van der Waals surface area (Å²) in [5, 5.41) is 0. The first-order valence-electron chi connectivity index (χ1n) is 7.63. The van der Waals surface area contributed by atoms with E-state index in [-0.39, 0.29) is 16.6 Å². The first-order valence-corrected chi connectivity index (χ1v) is 9.99. The van der Waals surface area contributed by atoms with Gasteiger partial charge in [0.05, 0.1) is 4.90 Å². The third-order valence-corrected chi connectivity index (χ3v) is 5.97. The van der Waals surface area contributed by atoms with Gasteiger partial charge in [-0.2, -0.15) is 4.72 Å². The van der Waals surface area contributed by atoms with Crippen molar-refractivity contribution in [2.75, 3.05) is 0 Å². The number of nitrogens with one attached hydrogen (secondary N) is 1. The average Bonchev–Trinajstić information content (AvgIpc) is 2.93. The topological polar surface area (TPSA) is 96.9 Å². The molecular weight excluding hydrogens is 395 g/mol. The van der Waals surface area contributed by atoms with Crippen LogP contribution in [0.5, 0.6) is 0 Å². The van der Waals surface area contributed by atoms with Crippen molar-refractivity contribution < 1.29 is 8.42 Å². The molecular formula is C17H16Cl2N4O2S. The Balaban J connectivity index is 2.03. The fraction of sp³-hybridized carbons (Fsp3) is 0.176. The van der Waals surface area contributed by atoms with Crippen molar-refractivity contribution in [3.8, 4) is 0 Å². The van der Waals surface area contributed by atoms with Crippen LogP contribution in [0.1, 0.15) is 11.1 Å². The number of sulfonamides is 1. The smallest absolute Gasteiger partial charge is 0.243 e. The lowest BCUT2D eigenvalue weighted by Gasteiger charge is -2.28. The number of nitrogens with two attached hydrogens (primary N) is 1. The highest BCUT2D eigenvalue weighted by molar-refractivity contribution is 7.89. The van der Waals surface area contributed by atoms with Gasteiger partial charge < -0.3 is 5.73 Å². The second kappa shape index (κ2) is 7.00. The maximum Gasteiger partial charge on any atom is 0.243 e. The summed E-state index contributed by atoms with van der Waals surface area (Å²) in [7, 11) is -3.99. The van der Waals surface area contributed by atoms with Gasteiger partial charge in [0.2, 0.25) is 15.7 Å². The molecule has 0 radical (unpaired) electrons. The molecule has 26 heavy (non-hydrogen) atoms. The number of aliphatic imine (C=N–C) groups is 2. The summed E-state index contributed by atoms with van der Waals surface area (Å²) in [6.45, 7) is 1.86.